The molecule has 1 N–H and O–H groups in total. The lowest BCUT2D eigenvalue weighted by molar-refractivity contribution is -0.111. The van der Waals surface area contributed by atoms with E-state index in [0.29, 0.717) is 0 Å². The highest BCUT2D eigenvalue weighted by Gasteiger charge is 2.00. The predicted octanol–water partition coefficient (Wildman–Crippen LogP) is 5.31. The number of rotatable bonds is 10. The molecule has 0 aliphatic rings. The quantitative estimate of drug-likeness (QED) is 0.465. The number of ether oxygens (including phenoxy) is 2. The van der Waals surface area contributed by atoms with Crippen LogP contribution in [0.3, 0.4) is 0 Å². The van der Waals surface area contributed by atoms with Crippen LogP contribution < -0.4 is 14.8 Å². The number of anilines is 1. The highest BCUT2D eigenvalue weighted by atomic mass is 16.5. The molecule has 0 atom stereocenters. The van der Waals surface area contributed by atoms with Crippen molar-refractivity contribution in [3.8, 4) is 11.5 Å². The number of benzene rings is 2. The molecule has 138 valence electrons. The Morgan fingerprint density at radius 1 is 1.04 bits per heavy atom. The third-order valence-electron chi connectivity index (χ3n) is 3.91. The maximum atomic E-state index is 12.0. The number of amides is 1. The third kappa shape index (κ3) is 7.01. The van der Waals surface area contributed by atoms with Gasteiger partial charge in [0, 0.05) is 11.8 Å². The molecular formula is C22H27NO3. The van der Waals surface area contributed by atoms with Crippen LogP contribution in [0.5, 0.6) is 11.5 Å². The minimum Gasteiger partial charge on any atom is -0.497 e. The first kappa shape index (κ1) is 19.6. The van der Waals surface area contributed by atoms with E-state index in [4.69, 9.17) is 9.47 Å². The van der Waals surface area contributed by atoms with E-state index in [1.807, 2.05) is 48.5 Å². The normalized spacial score (nSPS) is 10.7. The van der Waals surface area contributed by atoms with Gasteiger partial charge in [0.15, 0.2) is 0 Å². The van der Waals surface area contributed by atoms with Gasteiger partial charge in [-0.25, -0.2) is 0 Å². The molecule has 0 unspecified atom stereocenters. The monoisotopic (exact) mass is 353 g/mol. The lowest BCUT2D eigenvalue weighted by Crippen LogP contribution is -2.07. The molecule has 0 aliphatic carbocycles. The van der Waals surface area contributed by atoms with Gasteiger partial charge in [-0.3, -0.25) is 4.79 Å². The Labute approximate surface area is 155 Å². The Kier molecular flexibility index (Phi) is 8.27. The van der Waals surface area contributed by atoms with Gasteiger partial charge < -0.3 is 14.8 Å². The van der Waals surface area contributed by atoms with Crippen molar-refractivity contribution in [3.63, 3.8) is 0 Å². The van der Waals surface area contributed by atoms with Crippen LogP contribution in [0, 0.1) is 0 Å². The zero-order valence-electron chi connectivity index (χ0n) is 15.5. The molecule has 0 aromatic heterocycles. The molecule has 26 heavy (non-hydrogen) atoms. The van der Waals surface area contributed by atoms with Gasteiger partial charge in [0.2, 0.25) is 5.91 Å². The number of nitrogens with one attached hydrogen (secondary N) is 1. The van der Waals surface area contributed by atoms with Gasteiger partial charge in [0.25, 0.3) is 0 Å². The summed E-state index contributed by atoms with van der Waals surface area (Å²) in [6.45, 7) is 2.93. The largest absolute Gasteiger partial charge is 0.497 e. The van der Waals surface area contributed by atoms with Gasteiger partial charge in [-0.2, -0.15) is 0 Å². The smallest absolute Gasteiger partial charge is 0.248 e. The molecule has 0 bridgehead atoms. The van der Waals surface area contributed by atoms with E-state index in [1.54, 1.807) is 13.2 Å². The fourth-order valence-corrected chi connectivity index (χ4v) is 2.45. The number of methoxy groups -OCH3 is 1. The Hall–Kier alpha value is -2.75. The van der Waals surface area contributed by atoms with Crippen LogP contribution in [0.25, 0.3) is 6.08 Å². The highest BCUT2D eigenvalue weighted by Crippen LogP contribution is 2.17. The molecule has 0 heterocycles. The highest BCUT2D eigenvalue weighted by molar-refractivity contribution is 6.01. The van der Waals surface area contributed by atoms with Gasteiger partial charge in [-0.05, 0) is 54.5 Å². The Morgan fingerprint density at radius 3 is 2.58 bits per heavy atom. The van der Waals surface area contributed by atoms with Crippen LogP contribution in [-0.4, -0.2) is 19.6 Å². The second kappa shape index (κ2) is 11.0. The number of carbonyl (C=O) groups is 1. The SMILES string of the molecule is CCCCCCOc1ccc(NC(=O)/C=C/c2cccc(OC)c2)cc1. The second-order valence-corrected chi connectivity index (χ2v) is 6.03. The number of hydrogen-bond acceptors (Lipinski definition) is 3. The van der Waals surface area contributed by atoms with E-state index in [9.17, 15) is 4.79 Å². The molecule has 0 aliphatic heterocycles. The van der Waals surface area contributed by atoms with Crippen molar-refractivity contribution in [2.45, 2.75) is 32.6 Å². The van der Waals surface area contributed by atoms with Crippen molar-refractivity contribution >= 4 is 17.7 Å². The first-order valence-corrected chi connectivity index (χ1v) is 9.07. The van der Waals surface area contributed by atoms with E-state index in [-0.39, 0.29) is 5.91 Å². The van der Waals surface area contributed by atoms with E-state index >= 15 is 0 Å². The van der Waals surface area contributed by atoms with Crippen LogP contribution in [-0.2, 0) is 4.79 Å². The van der Waals surface area contributed by atoms with Crippen molar-refractivity contribution < 1.29 is 14.3 Å². The van der Waals surface area contributed by atoms with E-state index < -0.39 is 0 Å². The summed E-state index contributed by atoms with van der Waals surface area (Å²) < 4.78 is 10.9. The molecule has 2 aromatic rings. The van der Waals surface area contributed by atoms with Crippen LogP contribution >= 0.6 is 0 Å². The van der Waals surface area contributed by atoms with Crippen molar-refractivity contribution in [2.75, 3.05) is 19.0 Å². The van der Waals surface area contributed by atoms with E-state index in [0.717, 1.165) is 35.8 Å². The maximum Gasteiger partial charge on any atom is 0.248 e. The first-order valence-electron chi connectivity index (χ1n) is 9.07. The van der Waals surface area contributed by atoms with Crippen LogP contribution in [0.1, 0.15) is 38.2 Å². The molecule has 0 saturated carbocycles. The minimum absolute atomic E-state index is 0.180. The van der Waals surface area contributed by atoms with Gasteiger partial charge >= 0.3 is 0 Å². The minimum atomic E-state index is -0.180. The molecule has 0 spiro atoms. The van der Waals surface area contributed by atoms with E-state index in [2.05, 4.69) is 12.2 Å². The second-order valence-electron chi connectivity index (χ2n) is 6.03. The summed E-state index contributed by atoms with van der Waals surface area (Å²) in [5, 5.41) is 2.84. The first-order chi connectivity index (χ1) is 12.7. The van der Waals surface area contributed by atoms with Crippen molar-refractivity contribution in [2.24, 2.45) is 0 Å². The average molecular weight is 353 g/mol. The van der Waals surface area contributed by atoms with E-state index in [1.165, 1.54) is 25.3 Å². The fraction of sp³-hybridized carbons (Fsp3) is 0.318. The average Bonchev–Trinajstić information content (AvgIpc) is 2.68. The summed E-state index contributed by atoms with van der Waals surface area (Å²) in [7, 11) is 1.62. The van der Waals surface area contributed by atoms with Crippen molar-refractivity contribution in [1.82, 2.24) is 0 Å². The fourth-order valence-electron chi connectivity index (χ4n) is 2.45. The van der Waals surface area contributed by atoms with Gasteiger partial charge in [-0.15, -0.1) is 0 Å². The van der Waals surface area contributed by atoms with Crippen molar-refractivity contribution in [3.05, 3.63) is 60.2 Å². The molecule has 0 fully saturated rings. The molecule has 4 nitrogen and oxygen atoms in total. The predicted molar refractivity (Wildman–Crippen MR) is 107 cm³/mol. The van der Waals surface area contributed by atoms with Crippen LogP contribution in [0.2, 0.25) is 0 Å². The summed E-state index contributed by atoms with van der Waals surface area (Å²) >= 11 is 0. The van der Waals surface area contributed by atoms with Gasteiger partial charge in [0.1, 0.15) is 11.5 Å². The standard InChI is InChI=1S/C22H27NO3/c1-3-4-5-6-16-26-20-13-11-19(12-14-20)23-22(24)15-10-18-8-7-9-21(17-18)25-2/h7-15,17H,3-6,16H2,1-2H3,(H,23,24)/b15-10+. The number of hydrogen-bond donors (Lipinski definition) is 1. The topological polar surface area (TPSA) is 47.6 Å². The Balaban J connectivity index is 1.80. The molecule has 0 saturated heterocycles. The zero-order valence-corrected chi connectivity index (χ0v) is 15.5. The zero-order chi connectivity index (χ0) is 18.6. The lowest BCUT2D eigenvalue weighted by Gasteiger charge is -2.07. The lowest BCUT2D eigenvalue weighted by atomic mass is 10.2. The summed E-state index contributed by atoms with van der Waals surface area (Å²) in [6.07, 6.45) is 8.00. The molecule has 1 amide bonds. The maximum absolute atomic E-state index is 12.0. The molecule has 4 heteroatoms. The molecule has 2 aromatic carbocycles. The summed E-state index contributed by atoms with van der Waals surface area (Å²) in [6, 6.07) is 15.0. The Bertz CT molecular complexity index is 708. The molecule has 2 rings (SSSR count). The van der Waals surface area contributed by atoms with Crippen molar-refractivity contribution in [1.29, 1.82) is 0 Å². The van der Waals surface area contributed by atoms with Crippen LogP contribution in [0.4, 0.5) is 5.69 Å². The summed E-state index contributed by atoms with van der Waals surface area (Å²) in [4.78, 5) is 12.0. The number of unbranched alkanes of at least 4 members (excludes halogenated alkanes) is 3. The summed E-state index contributed by atoms with van der Waals surface area (Å²) in [5.41, 5.74) is 1.65. The molecular weight excluding hydrogens is 326 g/mol. The summed E-state index contributed by atoms with van der Waals surface area (Å²) in [5.74, 6) is 1.41. The van der Waals surface area contributed by atoms with Gasteiger partial charge in [-0.1, -0.05) is 38.3 Å². The molecule has 0 radical (unpaired) electrons. The number of carbonyl (C=O) groups excluding carboxylic acids is 1. The van der Waals surface area contributed by atoms with Crippen LogP contribution in [0.15, 0.2) is 54.6 Å². The van der Waals surface area contributed by atoms with Gasteiger partial charge in [0.05, 0.1) is 13.7 Å². The third-order valence-corrected chi connectivity index (χ3v) is 3.91. The Morgan fingerprint density at radius 2 is 1.85 bits per heavy atom.